The lowest BCUT2D eigenvalue weighted by atomic mass is 10.1. The maximum absolute atomic E-state index is 12.3. The predicted molar refractivity (Wildman–Crippen MR) is 81.3 cm³/mol. The fourth-order valence-corrected chi connectivity index (χ4v) is 3.44. The first-order valence-corrected chi connectivity index (χ1v) is 7.34. The molecule has 0 atom stereocenters. The number of rotatable bonds is 4. The fourth-order valence-electron chi connectivity index (χ4n) is 2.31. The van der Waals surface area contributed by atoms with Crippen LogP contribution in [-0.4, -0.2) is 26.8 Å². The first-order valence-electron chi connectivity index (χ1n) is 6.52. The van der Waals surface area contributed by atoms with E-state index in [2.05, 4.69) is 10.4 Å². The first-order chi connectivity index (χ1) is 9.85. The van der Waals surface area contributed by atoms with Crippen molar-refractivity contribution in [3.63, 3.8) is 0 Å². The Hall–Kier alpha value is -2.15. The van der Waals surface area contributed by atoms with Gasteiger partial charge in [0.05, 0.1) is 11.3 Å². The van der Waals surface area contributed by atoms with Gasteiger partial charge < -0.3 is 10.4 Å². The van der Waals surface area contributed by atoms with Crippen LogP contribution in [0.15, 0.2) is 6.07 Å². The standard InChI is InChI=1S/C14H17N3O3S/c1-5-9-8(3)21-13(11(9)14(19)20)15-12(18)10-6-7(2)16-17(10)4/h6H,5H2,1-4H3,(H,15,18)(H,19,20). The Morgan fingerprint density at radius 1 is 1.43 bits per heavy atom. The summed E-state index contributed by atoms with van der Waals surface area (Å²) in [5.74, 6) is -1.38. The Labute approximate surface area is 126 Å². The average Bonchev–Trinajstić information content (AvgIpc) is 2.88. The van der Waals surface area contributed by atoms with Crippen molar-refractivity contribution in [3.8, 4) is 0 Å². The van der Waals surface area contributed by atoms with E-state index < -0.39 is 5.97 Å². The van der Waals surface area contributed by atoms with E-state index in [1.165, 1.54) is 16.0 Å². The summed E-state index contributed by atoms with van der Waals surface area (Å²) < 4.78 is 1.48. The molecular weight excluding hydrogens is 290 g/mol. The molecule has 2 N–H and O–H groups in total. The summed E-state index contributed by atoms with van der Waals surface area (Å²) in [4.78, 5) is 24.6. The van der Waals surface area contributed by atoms with E-state index in [0.717, 1.165) is 16.1 Å². The van der Waals surface area contributed by atoms with Crippen molar-refractivity contribution in [1.82, 2.24) is 9.78 Å². The number of anilines is 1. The number of hydrogen-bond donors (Lipinski definition) is 2. The SMILES string of the molecule is CCc1c(C)sc(NC(=O)c2cc(C)nn2C)c1C(=O)O. The Balaban J connectivity index is 2.38. The summed E-state index contributed by atoms with van der Waals surface area (Å²) in [6.07, 6.45) is 0.616. The number of nitrogens with zero attached hydrogens (tertiary/aromatic N) is 2. The van der Waals surface area contributed by atoms with Crippen molar-refractivity contribution in [3.05, 3.63) is 33.5 Å². The second-order valence-electron chi connectivity index (χ2n) is 4.75. The molecule has 2 rings (SSSR count). The van der Waals surface area contributed by atoms with Gasteiger partial charge in [0.15, 0.2) is 0 Å². The van der Waals surface area contributed by atoms with Crippen molar-refractivity contribution in [2.24, 2.45) is 7.05 Å². The van der Waals surface area contributed by atoms with E-state index in [0.29, 0.717) is 17.1 Å². The van der Waals surface area contributed by atoms with Gasteiger partial charge in [-0.3, -0.25) is 9.48 Å². The minimum absolute atomic E-state index is 0.187. The second-order valence-corrected chi connectivity index (χ2v) is 5.97. The molecule has 0 bridgehead atoms. The Bertz CT molecular complexity index is 715. The van der Waals surface area contributed by atoms with Crippen LogP contribution in [0, 0.1) is 13.8 Å². The van der Waals surface area contributed by atoms with Gasteiger partial charge in [-0.2, -0.15) is 5.10 Å². The van der Waals surface area contributed by atoms with Crippen molar-refractivity contribution in [2.45, 2.75) is 27.2 Å². The summed E-state index contributed by atoms with van der Waals surface area (Å²) in [7, 11) is 1.68. The van der Waals surface area contributed by atoms with Gasteiger partial charge in [0.25, 0.3) is 5.91 Å². The number of hydrogen-bond acceptors (Lipinski definition) is 4. The van der Waals surface area contributed by atoms with Crippen molar-refractivity contribution < 1.29 is 14.7 Å². The van der Waals surface area contributed by atoms with Crippen molar-refractivity contribution in [2.75, 3.05) is 5.32 Å². The maximum Gasteiger partial charge on any atom is 0.339 e. The van der Waals surface area contributed by atoms with Crippen LogP contribution in [0.25, 0.3) is 0 Å². The van der Waals surface area contributed by atoms with Gasteiger partial charge in [0.1, 0.15) is 10.7 Å². The van der Waals surface area contributed by atoms with Crippen LogP contribution in [0.5, 0.6) is 0 Å². The number of thiophene rings is 1. The predicted octanol–water partition coefficient (Wildman–Crippen LogP) is 2.61. The molecule has 0 aliphatic rings. The van der Waals surface area contributed by atoms with Gasteiger partial charge >= 0.3 is 5.97 Å². The third-order valence-electron chi connectivity index (χ3n) is 3.24. The van der Waals surface area contributed by atoms with Gasteiger partial charge in [-0.05, 0) is 31.9 Å². The van der Waals surface area contributed by atoms with E-state index in [1.807, 2.05) is 13.8 Å². The smallest absolute Gasteiger partial charge is 0.339 e. The number of aromatic nitrogens is 2. The zero-order valence-electron chi connectivity index (χ0n) is 12.4. The van der Waals surface area contributed by atoms with Gasteiger partial charge in [-0.1, -0.05) is 6.92 Å². The molecule has 2 aromatic heterocycles. The van der Waals surface area contributed by atoms with E-state index >= 15 is 0 Å². The molecule has 0 aliphatic carbocycles. The molecule has 0 radical (unpaired) electrons. The van der Waals surface area contributed by atoms with Crippen molar-refractivity contribution in [1.29, 1.82) is 0 Å². The number of carboxylic acids is 1. The van der Waals surface area contributed by atoms with E-state index in [1.54, 1.807) is 20.0 Å². The summed E-state index contributed by atoms with van der Waals surface area (Å²) in [5, 5.41) is 16.6. The van der Waals surface area contributed by atoms with E-state index in [9.17, 15) is 14.7 Å². The molecule has 112 valence electrons. The van der Waals surface area contributed by atoms with E-state index in [4.69, 9.17) is 0 Å². The van der Waals surface area contributed by atoms with E-state index in [-0.39, 0.29) is 11.5 Å². The maximum atomic E-state index is 12.3. The number of aryl methyl sites for hydroxylation is 3. The average molecular weight is 307 g/mol. The van der Waals surface area contributed by atoms with Gasteiger partial charge in [-0.15, -0.1) is 11.3 Å². The summed E-state index contributed by atoms with van der Waals surface area (Å²) >= 11 is 1.29. The zero-order chi connectivity index (χ0) is 15.7. The van der Waals surface area contributed by atoms with Gasteiger partial charge in [0.2, 0.25) is 0 Å². The van der Waals surface area contributed by atoms with Crippen LogP contribution in [0.1, 0.15) is 43.9 Å². The molecule has 1 amide bonds. The minimum atomic E-state index is -1.02. The molecule has 7 heteroatoms. The topological polar surface area (TPSA) is 84.2 Å². The minimum Gasteiger partial charge on any atom is -0.478 e. The Morgan fingerprint density at radius 3 is 2.57 bits per heavy atom. The number of carbonyl (C=O) groups is 2. The first kappa shape index (κ1) is 15.2. The lowest BCUT2D eigenvalue weighted by Gasteiger charge is -2.05. The highest BCUT2D eigenvalue weighted by Crippen LogP contribution is 2.33. The van der Waals surface area contributed by atoms with Crippen LogP contribution >= 0.6 is 11.3 Å². The normalized spacial score (nSPS) is 10.7. The molecule has 0 saturated heterocycles. The molecule has 0 aliphatic heterocycles. The number of carboxylic acid groups (broad SMARTS) is 1. The molecule has 0 saturated carbocycles. The van der Waals surface area contributed by atoms with Crippen LogP contribution in [0.3, 0.4) is 0 Å². The summed E-state index contributed by atoms with van der Waals surface area (Å²) in [6, 6.07) is 1.66. The molecule has 0 aromatic carbocycles. The zero-order valence-corrected chi connectivity index (χ0v) is 13.2. The molecular formula is C14H17N3O3S. The Kier molecular flexibility index (Phi) is 4.13. The molecule has 2 aromatic rings. The molecule has 6 nitrogen and oxygen atoms in total. The highest BCUT2D eigenvalue weighted by molar-refractivity contribution is 7.16. The number of nitrogens with one attached hydrogen (secondary N) is 1. The number of amides is 1. The highest BCUT2D eigenvalue weighted by atomic mass is 32.1. The van der Waals surface area contributed by atoms with Crippen LogP contribution in [-0.2, 0) is 13.5 Å². The lowest BCUT2D eigenvalue weighted by molar-refractivity contribution is 0.0697. The number of carbonyl (C=O) groups excluding carboxylic acids is 1. The molecule has 0 unspecified atom stereocenters. The Morgan fingerprint density at radius 2 is 2.10 bits per heavy atom. The van der Waals surface area contributed by atoms with Crippen molar-refractivity contribution >= 4 is 28.2 Å². The summed E-state index contributed by atoms with van der Waals surface area (Å²) in [5.41, 5.74) is 2.09. The molecule has 21 heavy (non-hydrogen) atoms. The molecule has 0 fully saturated rings. The molecule has 2 heterocycles. The second kappa shape index (κ2) is 5.69. The quantitative estimate of drug-likeness (QED) is 0.909. The molecule has 0 spiro atoms. The third-order valence-corrected chi connectivity index (χ3v) is 4.30. The lowest BCUT2D eigenvalue weighted by Crippen LogP contribution is -2.17. The van der Waals surface area contributed by atoms with Gasteiger partial charge in [-0.25, -0.2) is 4.79 Å². The van der Waals surface area contributed by atoms with Crippen LogP contribution in [0.4, 0.5) is 5.00 Å². The summed E-state index contributed by atoms with van der Waals surface area (Å²) in [6.45, 7) is 5.56. The van der Waals surface area contributed by atoms with Gasteiger partial charge in [0, 0.05) is 11.9 Å². The highest BCUT2D eigenvalue weighted by Gasteiger charge is 2.23. The largest absolute Gasteiger partial charge is 0.478 e. The van der Waals surface area contributed by atoms with Crippen LogP contribution in [0.2, 0.25) is 0 Å². The third kappa shape index (κ3) is 2.82. The fraction of sp³-hybridized carbons (Fsp3) is 0.357. The van der Waals surface area contributed by atoms with Crippen LogP contribution < -0.4 is 5.32 Å². The number of aromatic carboxylic acids is 1. The monoisotopic (exact) mass is 307 g/mol.